The maximum absolute atomic E-state index is 12.3. The molecule has 8 heteroatoms. The Morgan fingerprint density at radius 3 is 2.48 bits per heavy atom. The van der Waals surface area contributed by atoms with Crippen LogP contribution in [0.15, 0.2) is 41.4 Å². The number of sulfonamides is 1. The number of anilines is 1. The number of pyridine rings is 1. The monoisotopic (exact) mass is 353 g/mol. The first-order valence-electron chi connectivity index (χ1n) is 6.68. The predicted octanol–water partition coefficient (Wildman–Crippen LogP) is 2.55. The first-order valence-corrected chi connectivity index (χ1v) is 8.49. The van der Waals surface area contributed by atoms with Gasteiger partial charge in [0.15, 0.2) is 0 Å². The smallest absolute Gasteiger partial charge is 0.257 e. The van der Waals surface area contributed by atoms with E-state index in [4.69, 9.17) is 11.6 Å². The van der Waals surface area contributed by atoms with Crippen molar-refractivity contribution in [1.29, 1.82) is 0 Å². The number of halogens is 1. The number of rotatable bonds is 4. The molecule has 0 aliphatic carbocycles. The molecule has 0 spiro atoms. The number of aromatic nitrogens is 1. The van der Waals surface area contributed by atoms with E-state index in [0.29, 0.717) is 16.8 Å². The highest BCUT2D eigenvalue weighted by Crippen LogP contribution is 2.22. The van der Waals surface area contributed by atoms with Crippen LogP contribution in [-0.4, -0.2) is 37.7 Å². The number of aryl methyl sites for hydroxylation is 1. The summed E-state index contributed by atoms with van der Waals surface area (Å²) in [6, 6.07) is 7.77. The third kappa shape index (κ3) is 3.87. The SMILES string of the molecule is Cc1ccc(NC(=O)c2ccc(Cl)nc2)cc1S(=O)(=O)N(C)C. The van der Waals surface area contributed by atoms with Gasteiger partial charge in [0.1, 0.15) is 5.15 Å². The van der Waals surface area contributed by atoms with Gasteiger partial charge in [-0.15, -0.1) is 0 Å². The fraction of sp³-hybridized carbons (Fsp3) is 0.200. The van der Waals surface area contributed by atoms with Gasteiger partial charge in [-0.05, 0) is 36.8 Å². The molecule has 6 nitrogen and oxygen atoms in total. The predicted molar refractivity (Wildman–Crippen MR) is 89.3 cm³/mol. The van der Waals surface area contributed by atoms with Crippen molar-refractivity contribution < 1.29 is 13.2 Å². The standard InChI is InChI=1S/C15H16ClN3O3S/c1-10-4-6-12(8-13(10)23(21,22)19(2)3)18-15(20)11-5-7-14(16)17-9-11/h4-9H,1-3H3,(H,18,20). The molecule has 1 aromatic heterocycles. The summed E-state index contributed by atoms with van der Waals surface area (Å²) in [4.78, 5) is 16.1. The van der Waals surface area contributed by atoms with Crippen LogP contribution in [-0.2, 0) is 10.0 Å². The molecule has 0 radical (unpaired) electrons. The van der Waals surface area contributed by atoms with Crippen LogP contribution in [0.5, 0.6) is 0 Å². The lowest BCUT2D eigenvalue weighted by Crippen LogP contribution is -2.23. The van der Waals surface area contributed by atoms with E-state index >= 15 is 0 Å². The summed E-state index contributed by atoms with van der Waals surface area (Å²) in [7, 11) is -0.668. The Kier molecular flexibility index (Phi) is 5.03. The number of nitrogens with zero attached hydrogens (tertiary/aromatic N) is 2. The van der Waals surface area contributed by atoms with Crippen LogP contribution in [0.3, 0.4) is 0 Å². The van der Waals surface area contributed by atoms with Crippen molar-refractivity contribution in [1.82, 2.24) is 9.29 Å². The zero-order chi connectivity index (χ0) is 17.2. The molecule has 1 N–H and O–H groups in total. The van der Waals surface area contributed by atoms with E-state index in [1.54, 1.807) is 19.1 Å². The maximum Gasteiger partial charge on any atom is 0.257 e. The minimum atomic E-state index is -3.58. The lowest BCUT2D eigenvalue weighted by Gasteiger charge is -2.15. The zero-order valence-electron chi connectivity index (χ0n) is 12.9. The number of carbonyl (C=O) groups is 1. The Labute approximate surface area is 140 Å². The second kappa shape index (κ2) is 6.66. The van der Waals surface area contributed by atoms with Crippen molar-refractivity contribution in [2.75, 3.05) is 19.4 Å². The highest BCUT2D eigenvalue weighted by Gasteiger charge is 2.20. The van der Waals surface area contributed by atoms with E-state index < -0.39 is 15.9 Å². The lowest BCUT2D eigenvalue weighted by molar-refractivity contribution is 0.102. The Balaban J connectivity index is 2.31. The van der Waals surface area contributed by atoms with Gasteiger partial charge in [0.05, 0.1) is 10.5 Å². The normalized spacial score (nSPS) is 11.5. The molecule has 1 amide bonds. The molecule has 0 saturated carbocycles. The summed E-state index contributed by atoms with van der Waals surface area (Å²) >= 11 is 5.68. The molecular weight excluding hydrogens is 338 g/mol. The summed E-state index contributed by atoms with van der Waals surface area (Å²) in [6.07, 6.45) is 1.35. The van der Waals surface area contributed by atoms with Gasteiger partial charge in [-0.3, -0.25) is 4.79 Å². The molecular formula is C15H16ClN3O3S. The van der Waals surface area contributed by atoms with Gasteiger partial charge in [-0.2, -0.15) is 0 Å². The molecule has 0 bridgehead atoms. The van der Waals surface area contributed by atoms with Crippen molar-refractivity contribution in [3.63, 3.8) is 0 Å². The van der Waals surface area contributed by atoms with Gasteiger partial charge < -0.3 is 5.32 Å². The molecule has 23 heavy (non-hydrogen) atoms. The lowest BCUT2D eigenvalue weighted by atomic mass is 10.2. The Hall–Kier alpha value is -1.96. The van der Waals surface area contributed by atoms with Crippen LogP contribution in [0, 0.1) is 6.92 Å². The topological polar surface area (TPSA) is 79.4 Å². The molecule has 0 fully saturated rings. The van der Waals surface area contributed by atoms with Crippen molar-refractivity contribution in [2.45, 2.75) is 11.8 Å². The van der Waals surface area contributed by atoms with E-state index in [1.807, 2.05) is 0 Å². The van der Waals surface area contributed by atoms with Crippen molar-refractivity contribution in [2.24, 2.45) is 0 Å². The first kappa shape index (κ1) is 17.4. The Morgan fingerprint density at radius 2 is 1.91 bits per heavy atom. The van der Waals surface area contributed by atoms with E-state index in [0.717, 1.165) is 4.31 Å². The van der Waals surface area contributed by atoms with Crippen molar-refractivity contribution in [3.05, 3.63) is 52.8 Å². The summed E-state index contributed by atoms with van der Waals surface area (Å²) < 4.78 is 25.7. The number of hydrogen-bond donors (Lipinski definition) is 1. The van der Waals surface area contributed by atoms with Crippen LogP contribution in [0.1, 0.15) is 15.9 Å². The van der Waals surface area contributed by atoms with Gasteiger partial charge >= 0.3 is 0 Å². The number of nitrogens with one attached hydrogen (secondary N) is 1. The largest absolute Gasteiger partial charge is 0.322 e. The minimum Gasteiger partial charge on any atom is -0.322 e. The number of hydrogen-bond acceptors (Lipinski definition) is 4. The van der Waals surface area contributed by atoms with E-state index in [9.17, 15) is 13.2 Å². The van der Waals surface area contributed by atoms with Gasteiger partial charge in [0, 0.05) is 26.0 Å². The molecule has 1 heterocycles. The Morgan fingerprint density at radius 1 is 1.22 bits per heavy atom. The van der Waals surface area contributed by atoms with E-state index in [-0.39, 0.29) is 10.0 Å². The molecule has 2 rings (SSSR count). The fourth-order valence-electron chi connectivity index (χ4n) is 1.87. The molecule has 0 atom stereocenters. The van der Waals surface area contributed by atoms with Gasteiger partial charge in [-0.25, -0.2) is 17.7 Å². The summed E-state index contributed by atoms with van der Waals surface area (Å²) in [5.41, 5.74) is 1.31. The molecule has 2 aromatic rings. The molecule has 0 aliphatic heterocycles. The van der Waals surface area contributed by atoms with Gasteiger partial charge in [-0.1, -0.05) is 17.7 Å². The number of benzene rings is 1. The quantitative estimate of drug-likeness (QED) is 0.857. The van der Waals surface area contributed by atoms with Crippen LogP contribution >= 0.6 is 11.6 Å². The molecule has 0 saturated heterocycles. The average Bonchev–Trinajstić information content (AvgIpc) is 2.49. The van der Waals surface area contributed by atoms with E-state index in [1.165, 1.54) is 38.5 Å². The van der Waals surface area contributed by atoms with Crippen molar-refractivity contribution >= 4 is 33.2 Å². The van der Waals surface area contributed by atoms with Crippen LogP contribution < -0.4 is 5.32 Å². The van der Waals surface area contributed by atoms with Crippen LogP contribution in [0.2, 0.25) is 5.15 Å². The third-order valence-electron chi connectivity index (χ3n) is 3.19. The summed E-state index contributed by atoms with van der Waals surface area (Å²) in [5.74, 6) is -0.397. The summed E-state index contributed by atoms with van der Waals surface area (Å²) in [5, 5.41) is 2.94. The zero-order valence-corrected chi connectivity index (χ0v) is 14.4. The maximum atomic E-state index is 12.3. The number of carbonyl (C=O) groups excluding carboxylic acids is 1. The Bertz CT molecular complexity index is 834. The summed E-state index contributed by atoms with van der Waals surface area (Å²) in [6.45, 7) is 1.70. The third-order valence-corrected chi connectivity index (χ3v) is 5.37. The van der Waals surface area contributed by atoms with Crippen LogP contribution in [0.4, 0.5) is 5.69 Å². The van der Waals surface area contributed by atoms with Gasteiger partial charge in [0.25, 0.3) is 5.91 Å². The molecule has 0 aliphatic rings. The average molecular weight is 354 g/mol. The second-order valence-corrected chi connectivity index (χ2v) is 7.60. The first-order chi connectivity index (χ1) is 10.7. The highest BCUT2D eigenvalue weighted by atomic mass is 35.5. The molecule has 0 unspecified atom stereocenters. The minimum absolute atomic E-state index is 0.148. The van der Waals surface area contributed by atoms with Crippen LogP contribution in [0.25, 0.3) is 0 Å². The van der Waals surface area contributed by atoms with Crippen molar-refractivity contribution in [3.8, 4) is 0 Å². The number of amides is 1. The second-order valence-electron chi connectivity index (χ2n) is 5.09. The molecule has 1 aromatic carbocycles. The van der Waals surface area contributed by atoms with E-state index in [2.05, 4.69) is 10.3 Å². The molecule has 122 valence electrons. The fourth-order valence-corrected chi connectivity index (χ4v) is 3.12. The highest BCUT2D eigenvalue weighted by molar-refractivity contribution is 7.89. The van der Waals surface area contributed by atoms with Gasteiger partial charge in [0.2, 0.25) is 10.0 Å².